The Balaban J connectivity index is 1.41. The topological polar surface area (TPSA) is 88.3 Å². The predicted octanol–water partition coefficient (Wildman–Crippen LogP) is 5.48. The summed E-state index contributed by atoms with van der Waals surface area (Å²) in [6.45, 7) is 1.96. The van der Waals surface area contributed by atoms with Crippen molar-refractivity contribution >= 4 is 29.0 Å². The quantitative estimate of drug-likeness (QED) is 0.345. The predicted molar refractivity (Wildman–Crippen MR) is 139 cm³/mol. The molecule has 3 heterocycles. The van der Waals surface area contributed by atoms with Crippen LogP contribution in [0.3, 0.4) is 0 Å². The molecule has 2 aromatic heterocycles. The fourth-order valence-electron chi connectivity index (χ4n) is 4.50. The molecule has 0 aliphatic carbocycles. The Labute approximate surface area is 214 Å². The molecule has 9 heteroatoms. The summed E-state index contributed by atoms with van der Waals surface area (Å²) in [5.41, 5.74) is 4.43. The summed E-state index contributed by atoms with van der Waals surface area (Å²) in [6.07, 6.45) is 4.51. The summed E-state index contributed by atoms with van der Waals surface area (Å²) >= 11 is 6.47. The van der Waals surface area contributed by atoms with E-state index in [1.807, 2.05) is 59.3 Å². The number of imidazole rings is 1. The van der Waals surface area contributed by atoms with Gasteiger partial charge in [-0.05, 0) is 30.5 Å². The number of anilines is 1. The molecule has 0 bridgehead atoms. The van der Waals surface area contributed by atoms with Crippen LogP contribution in [0.1, 0.15) is 18.4 Å². The summed E-state index contributed by atoms with van der Waals surface area (Å²) in [7, 11) is 1.58. The van der Waals surface area contributed by atoms with E-state index in [0.717, 1.165) is 54.1 Å². The number of hydrogen-bond donors (Lipinski definition) is 2. The van der Waals surface area contributed by atoms with Gasteiger partial charge in [-0.3, -0.25) is 0 Å². The van der Waals surface area contributed by atoms with E-state index in [1.54, 1.807) is 13.2 Å². The fraction of sp³-hybridized carbons (Fsp3) is 0.259. The van der Waals surface area contributed by atoms with Crippen LogP contribution >= 0.6 is 11.6 Å². The van der Waals surface area contributed by atoms with E-state index in [0.29, 0.717) is 23.1 Å². The van der Waals surface area contributed by atoms with Crippen molar-refractivity contribution in [3.05, 3.63) is 77.6 Å². The highest BCUT2D eigenvalue weighted by Crippen LogP contribution is 2.39. The lowest BCUT2D eigenvalue weighted by molar-refractivity contribution is 0.187. The highest BCUT2D eigenvalue weighted by molar-refractivity contribution is 6.32. The molecule has 8 nitrogen and oxygen atoms in total. The van der Waals surface area contributed by atoms with E-state index >= 15 is 0 Å². The minimum Gasteiger partial charge on any atom is -0.495 e. The minimum absolute atomic E-state index is 0.00497. The van der Waals surface area contributed by atoms with Gasteiger partial charge in [-0.15, -0.1) is 0 Å². The molecular weight excluding hydrogens is 480 g/mol. The van der Waals surface area contributed by atoms with Crippen LogP contribution in [0.15, 0.2) is 67.0 Å². The van der Waals surface area contributed by atoms with Crippen molar-refractivity contribution < 1.29 is 19.4 Å². The summed E-state index contributed by atoms with van der Waals surface area (Å²) < 4.78 is 13.6. The van der Waals surface area contributed by atoms with Crippen LogP contribution in [-0.4, -0.2) is 46.8 Å². The fourth-order valence-corrected chi connectivity index (χ4v) is 4.74. The molecule has 0 spiro atoms. The van der Waals surface area contributed by atoms with Crippen LogP contribution in [0, 0.1) is 0 Å². The number of amides is 1. The summed E-state index contributed by atoms with van der Waals surface area (Å²) in [6, 6.07) is 17.7. The molecule has 36 heavy (non-hydrogen) atoms. The molecular formula is C27H27ClN4O4. The highest BCUT2D eigenvalue weighted by Gasteiger charge is 2.21. The van der Waals surface area contributed by atoms with Gasteiger partial charge in [0.1, 0.15) is 23.8 Å². The average Bonchev–Trinajstić information content (AvgIpc) is 3.32. The monoisotopic (exact) mass is 506 g/mol. The number of ether oxygens (including phenoxy) is 2. The Morgan fingerprint density at radius 3 is 2.64 bits per heavy atom. The molecule has 1 amide bonds. The van der Waals surface area contributed by atoms with Gasteiger partial charge in [-0.1, -0.05) is 41.9 Å². The van der Waals surface area contributed by atoms with Crippen molar-refractivity contribution in [3.63, 3.8) is 0 Å². The number of carbonyl (C=O) groups is 1. The van der Waals surface area contributed by atoms with E-state index in [9.17, 15) is 4.79 Å². The Hall–Kier alpha value is -3.91. The molecule has 4 aromatic rings. The maximum Gasteiger partial charge on any atom is 0.404 e. The first-order chi connectivity index (χ1) is 17.5. The van der Waals surface area contributed by atoms with E-state index < -0.39 is 6.09 Å². The number of benzene rings is 2. The largest absolute Gasteiger partial charge is 0.495 e. The standard InChI is InChI=1S/C27H27ClN4O4/c1-35-25-15-24(36-17-18-5-3-2-4-6-18)21(14-22(25)28)23-16-32-12-9-20(13-26(32)30-23)31-10-7-19(8-11-31)29-27(33)34/h2-6,9,12-16,19,29H,7-8,10-11,17H2,1H3,(H,33,34). The van der Waals surface area contributed by atoms with Crippen molar-refractivity contribution in [2.45, 2.75) is 25.5 Å². The molecule has 5 rings (SSSR count). The van der Waals surface area contributed by atoms with Gasteiger partial charge in [-0.25, -0.2) is 9.78 Å². The summed E-state index contributed by atoms with van der Waals surface area (Å²) in [5.74, 6) is 1.17. The number of aromatic nitrogens is 2. The lowest BCUT2D eigenvalue weighted by Crippen LogP contribution is -2.44. The van der Waals surface area contributed by atoms with Crippen molar-refractivity contribution in [2.75, 3.05) is 25.1 Å². The smallest absolute Gasteiger partial charge is 0.404 e. The lowest BCUT2D eigenvalue weighted by Gasteiger charge is -2.33. The number of halogens is 1. The number of carboxylic acid groups (broad SMARTS) is 1. The molecule has 0 radical (unpaired) electrons. The maximum atomic E-state index is 10.9. The zero-order valence-corrected chi connectivity index (χ0v) is 20.6. The van der Waals surface area contributed by atoms with Crippen LogP contribution in [0.25, 0.3) is 16.9 Å². The number of fused-ring (bicyclic) bond motifs is 1. The molecule has 1 aliphatic rings. The molecule has 0 saturated carbocycles. The zero-order chi connectivity index (χ0) is 25.1. The molecule has 1 aliphatic heterocycles. The average molecular weight is 507 g/mol. The summed E-state index contributed by atoms with van der Waals surface area (Å²) in [5, 5.41) is 12.0. The van der Waals surface area contributed by atoms with Gasteiger partial charge in [-0.2, -0.15) is 0 Å². The van der Waals surface area contributed by atoms with Gasteiger partial charge >= 0.3 is 6.09 Å². The second-order valence-corrected chi connectivity index (χ2v) is 9.15. The third kappa shape index (κ3) is 5.18. The molecule has 2 N–H and O–H groups in total. The molecule has 0 unspecified atom stereocenters. The third-order valence-corrected chi connectivity index (χ3v) is 6.69. The zero-order valence-electron chi connectivity index (χ0n) is 19.9. The Morgan fingerprint density at radius 2 is 1.92 bits per heavy atom. The van der Waals surface area contributed by atoms with Crippen molar-refractivity contribution in [2.24, 2.45) is 0 Å². The van der Waals surface area contributed by atoms with Gasteiger partial charge in [0, 0.05) is 54.9 Å². The second-order valence-electron chi connectivity index (χ2n) is 8.74. The molecule has 186 valence electrons. The minimum atomic E-state index is -0.967. The molecule has 1 saturated heterocycles. The van der Waals surface area contributed by atoms with Gasteiger partial charge in [0.15, 0.2) is 0 Å². The van der Waals surface area contributed by atoms with Gasteiger partial charge in [0.2, 0.25) is 0 Å². The van der Waals surface area contributed by atoms with Crippen LogP contribution in [0.2, 0.25) is 5.02 Å². The molecule has 2 aromatic carbocycles. The van der Waals surface area contributed by atoms with Crippen molar-refractivity contribution in [1.82, 2.24) is 14.7 Å². The lowest BCUT2D eigenvalue weighted by atomic mass is 10.0. The van der Waals surface area contributed by atoms with E-state index in [1.165, 1.54) is 0 Å². The van der Waals surface area contributed by atoms with Crippen molar-refractivity contribution in [3.8, 4) is 22.8 Å². The maximum absolute atomic E-state index is 10.9. The van der Waals surface area contributed by atoms with E-state index in [4.69, 9.17) is 31.2 Å². The van der Waals surface area contributed by atoms with Gasteiger partial charge in [0.05, 0.1) is 17.8 Å². The van der Waals surface area contributed by atoms with Crippen LogP contribution in [-0.2, 0) is 6.61 Å². The van der Waals surface area contributed by atoms with Gasteiger partial charge in [0.25, 0.3) is 0 Å². The first kappa shape index (κ1) is 23.8. The molecule has 0 atom stereocenters. The number of piperidine rings is 1. The number of pyridine rings is 1. The van der Waals surface area contributed by atoms with E-state index in [-0.39, 0.29) is 6.04 Å². The first-order valence-corrected chi connectivity index (χ1v) is 12.2. The first-order valence-electron chi connectivity index (χ1n) is 11.8. The summed E-state index contributed by atoms with van der Waals surface area (Å²) in [4.78, 5) is 18.0. The number of nitrogens with zero attached hydrogens (tertiary/aromatic N) is 3. The second kappa shape index (κ2) is 10.4. The third-order valence-electron chi connectivity index (χ3n) is 6.40. The molecule has 1 fully saturated rings. The number of rotatable bonds is 7. The van der Waals surface area contributed by atoms with Crippen LogP contribution < -0.4 is 19.7 Å². The number of nitrogens with one attached hydrogen (secondary N) is 1. The SMILES string of the molecule is COc1cc(OCc2ccccc2)c(-c2cn3ccc(N4CCC(NC(=O)O)CC4)cc3n2)cc1Cl. The Bertz CT molecular complexity index is 1370. The number of hydrogen-bond acceptors (Lipinski definition) is 5. The normalized spacial score (nSPS) is 14.1. The van der Waals surface area contributed by atoms with Gasteiger partial charge < -0.3 is 29.2 Å². The van der Waals surface area contributed by atoms with Crippen molar-refractivity contribution in [1.29, 1.82) is 0 Å². The Morgan fingerprint density at radius 1 is 1.14 bits per heavy atom. The number of methoxy groups -OCH3 is 1. The van der Waals surface area contributed by atoms with Crippen LogP contribution in [0.4, 0.5) is 10.5 Å². The van der Waals surface area contributed by atoms with E-state index in [2.05, 4.69) is 16.3 Å². The highest BCUT2D eigenvalue weighted by atomic mass is 35.5. The Kier molecular flexibility index (Phi) is 6.86. The van der Waals surface area contributed by atoms with Crippen LogP contribution in [0.5, 0.6) is 11.5 Å².